The Morgan fingerprint density at radius 2 is 1.62 bits per heavy atom. The molecule has 4 unspecified atom stereocenters. The summed E-state index contributed by atoms with van der Waals surface area (Å²) >= 11 is 14.8. The predicted octanol–water partition coefficient (Wildman–Crippen LogP) is 6.45. The second kappa shape index (κ2) is 11.7. The number of ether oxygens (including phenoxy) is 2. The first kappa shape index (κ1) is 30.6. The molecule has 3 amide bonds. The van der Waals surface area contributed by atoms with Gasteiger partial charge in [-0.15, -0.1) is 11.8 Å². The van der Waals surface area contributed by atoms with Crippen molar-refractivity contribution in [3.05, 3.63) is 96.9 Å². The molecule has 0 radical (unpaired) electrons. The third kappa shape index (κ3) is 5.06. The number of rotatable bonds is 7. The van der Waals surface area contributed by atoms with Crippen LogP contribution >= 0.6 is 46.3 Å². The summed E-state index contributed by atoms with van der Waals surface area (Å²) < 4.78 is 11.6. The van der Waals surface area contributed by atoms with Gasteiger partial charge < -0.3 is 19.8 Å². The van der Waals surface area contributed by atoms with E-state index in [1.165, 1.54) is 23.3 Å². The van der Waals surface area contributed by atoms with Gasteiger partial charge >= 0.3 is 4.87 Å². The van der Waals surface area contributed by atoms with Crippen LogP contribution in [-0.4, -0.2) is 41.7 Å². The van der Waals surface area contributed by atoms with Crippen molar-refractivity contribution in [3.8, 4) is 11.5 Å². The molecule has 2 saturated carbocycles. The molecule has 13 heteroatoms. The lowest BCUT2D eigenvalue weighted by Gasteiger charge is -2.43. The van der Waals surface area contributed by atoms with Gasteiger partial charge in [-0.2, -0.15) is 0 Å². The van der Waals surface area contributed by atoms with Gasteiger partial charge in [-0.05, 0) is 90.4 Å². The molecule has 8 rings (SSSR count). The molecule has 3 fully saturated rings. The Bertz CT molecular complexity index is 1980. The number of nitrogens with zero attached hydrogens (tertiary/aromatic N) is 1. The second-order valence-electron chi connectivity index (χ2n) is 12.2. The molecule has 9 nitrogen and oxygen atoms in total. The van der Waals surface area contributed by atoms with E-state index in [2.05, 4.69) is 10.3 Å². The number of anilines is 2. The van der Waals surface area contributed by atoms with Crippen molar-refractivity contribution < 1.29 is 23.9 Å². The van der Waals surface area contributed by atoms with Gasteiger partial charge in [0.1, 0.15) is 0 Å². The topological polar surface area (TPSA) is 118 Å². The van der Waals surface area contributed by atoms with Gasteiger partial charge in [0.2, 0.25) is 11.8 Å². The minimum atomic E-state index is -0.423. The molecule has 3 heterocycles. The molecule has 2 aliphatic carbocycles. The number of thioether (sulfide) groups is 1. The Morgan fingerprint density at radius 1 is 0.936 bits per heavy atom. The van der Waals surface area contributed by atoms with Gasteiger partial charge in [0.25, 0.3) is 5.91 Å². The van der Waals surface area contributed by atoms with Crippen LogP contribution in [0, 0.1) is 29.6 Å². The zero-order valence-corrected chi connectivity index (χ0v) is 27.9. The van der Waals surface area contributed by atoms with Crippen molar-refractivity contribution in [2.24, 2.45) is 29.6 Å². The number of carbonyl (C=O) groups excluding carboxylic acids is 3. The first-order valence-electron chi connectivity index (χ1n) is 15.1. The number of amides is 3. The number of hydrogen-bond acceptors (Lipinski definition) is 8. The van der Waals surface area contributed by atoms with Crippen LogP contribution in [0.4, 0.5) is 11.4 Å². The van der Waals surface area contributed by atoms with Crippen LogP contribution in [-0.2, 0) is 14.4 Å². The van der Waals surface area contributed by atoms with Crippen molar-refractivity contribution in [2.45, 2.75) is 22.6 Å². The van der Waals surface area contributed by atoms with Gasteiger partial charge in [0.05, 0.1) is 29.7 Å². The van der Waals surface area contributed by atoms with E-state index in [1.807, 2.05) is 12.1 Å². The molecule has 1 saturated heterocycles. The van der Waals surface area contributed by atoms with Crippen molar-refractivity contribution in [3.63, 3.8) is 0 Å². The maximum atomic E-state index is 14.0. The van der Waals surface area contributed by atoms with E-state index in [0.717, 1.165) is 21.9 Å². The number of nitrogens with one attached hydrogen (secondary N) is 2. The van der Waals surface area contributed by atoms with Crippen molar-refractivity contribution in [1.82, 2.24) is 4.98 Å². The third-order valence-electron chi connectivity index (χ3n) is 9.84. The van der Waals surface area contributed by atoms with Gasteiger partial charge in [0.15, 0.2) is 18.1 Å². The van der Waals surface area contributed by atoms with E-state index in [1.54, 1.807) is 66.4 Å². The summed E-state index contributed by atoms with van der Waals surface area (Å²) in [6.07, 6.45) is 0.778. The molecule has 7 atom stereocenters. The highest BCUT2D eigenvalue weighted by atomic mass is 35.5. The van der Waals surface area contributed by atoms with E-state index in [-0.39, 0.29) is 58.1 Å². The number of fused-ring (bicyclic) bond motifs is 9. The van der Waals surface area contributed by atoms with Crippen molar-refractivity contribution in [2.75, 3.05) is 23.9 Å². The lowest BCUT2D eigenvalue weighted by atomic mass is 9.68. The fourth-order valence-corrected chi connectivity index (χ4v) is 11.2. The van der Waals surface area contributed by atoms with Crippen LogP contribution < -0.4 is 24.6 Å². The van der Waals surface area contributed by atoms with Gasteiger partial charge in [0, 0.05) is 31.8 Å². The largest absolute Gasteiger partial charge is 0.493 e. The number of methoxy groups -OCH3 is 1. The summed E-state index contributed by atoms with van der Waals surface area (Å²) in [5.41, 5.74) is 2.06. The van der Waals surface area contributed by atoms with Crippen LogP contribution in [0.5, 0.6) is 11.5 Å². The van der Waals surface area contributed by atoms with Gasteiger partial charge in [-0.25, -0.2) is 0 Å². The molecule has 4 aliphatic rings. The predicted molar refractivity (Wildman–Crippen MR) is 181 cm³/mol. The average molecular weight is 709 g/mol. The molecule has 2 N–H and O–H groups in total. The van der Waals surface area contributed by atoms with E-state index in [4.69, 9.17) is 32.7 Å². The summed E-state index contributed by atoms with van der Waals surface area (Å²) in [6.45, 7) is -0.236. The van der Waals surface area contributed by atoms with Crippen LogP contribution in [0.25, 0.3) is 0 Å². The number of benzene rings is 3. The Morgan fingerprint density at radius 3 is 2.32 bits per heavy atom. The molecule has 2 aliphatic heterocycles. The number of halogens is 2. The monoisotopic (exact) mass is 707 g/mol. The molecule has 0 spiro atoms. The lowest BCUT2D eigenvalue weighted by Crippen LogP contribution is -2.42. The fourth-order valence-electron chi connectivity index (χ4n) is 8.11. The SMILES string of the molecule is COc1cc([C@H]2c3sc(=O)[nH]c3SC3C2[C@H]2C[C@@H]3C3C(=O)N(c4ccc(Cl)cc4)C(=O)C32)ccc1OCC(=O)Nc1ccc(Cl)cc1. The Labute approximate surface area is 287 Å². The second-order valence-corrected chi connectivity index (χ2v) is 15.3. The van der Waals surface area contributed by atoms with E-state index >= 15 is 0 Å². The van der Waals surface area contributed by atoms with Crippen LogP contribution in [0.2, 0.25) is 10.0 Å². The summed E-state index contributed by atoms with van der Waals surface area (Å²) in [6, 6.07) is 19.2. The van der Waals surface area contributed by atoms with Crippen molar-refractivity contribution in [1.29, 1.82) is 0 Å². The lowest BCUT2D eigenvalue weighted by molar-refractivity contribution is -0.123. The highest BCUT2D eigenvalue weighted by Gasteiger charge is 2.69. The summed E-state index contributed by atoms with van der Waals surface area (Å²) in [7, 11) is 1.54. The van der Waals surface area contributed by atoms with E-state index < -0.39 is 11.8 Å². The van der Waals surface area contributed by atoms with Crippen LogP contribution in [0.1, 0.15) is 22.8 Å². The maximum absolute atomic E-state index is 14.0. The smallest absolute Gasteiger partial charge is 0.305 e. The molecule has 4 aromatic rings. The standard InChI is InChI=1S/C34H27Cl2N3O6S2/c1-44-23-12-15(2-11-22(23)45-14-24(40)37-18-7-3-16(35)4-8-18)25-26-20-13-21(29(26)46-31-30(25)47-34(43)38-31)28-27(20)32(41)39(33(28)42)19-9-5-17(36)6-10-19/h2-12,20-21,25-29H,13-14H2,1H3,(H,37,40)(H,38,43)/t20-,21-,25-,26?,27?,28?,29?/m1/s1. The first-order chi connectivity index (χ1) is 22.7. The third-order valence-corrected chi connectivity index (χ3v) is 12.9. The number of carbonyl (C=O) groups is 3. The number of aromatic nitrogens is 1. The zero-order chi connectivity index (χ0) is 32.6. The molecule has 3 aromatic carbocycles. The minimum Gasteiger partial charge on any atom is -0.493 e. The maximum Gasteiger partial charge on any atom is 0.305 e. The number of thiazole rings is 1. The summed E-state index contributed by atoms with van der Waals surface area (Å²) in [5, 5.41) is 4.74. The number of hydrogen-bond donors (Lipinski definition) is 2. The van der Waals surface area contributed by atoms with Crippen LogP contribution in [0.15, 0.2) is 76.6 Å². The molecule has 2 bridgehead atoms. The van der Waals surface area contributed by atoms with Gasteiger partial charge in [-0.1, -0.05) is 40.6 Å². The molecule has 47 heavy (non-hydrogen) atoms. The molecule has 240 valence electrons. The molecular weight excluding hydrogens is 681 g/mol. The van der Waals surface area contributed by atoms with Crippen LogP contribution in [0.3, 0.4) is 0 Å². The highest BCUT2D eigenvalue weighted by molar-refractivity contribution is 8.00. The van der Waals surface area contributed by atoms with Gasteiger partial charge in [-0.3, -0.25) is 24.1 Å². The number of H-pyrrole nitrogens is 1. The zero-order valence-electron chi connectivity index (χ0n) is 24.8. The Kier molecular flexibility index (Phi) is 7.63. The van der Waals surface area contributed by atoms with E-state index in [0.29, 0.717) is 32.9 Å². The molecular formula is C34H27Cl2N3O6S2. The fraction of sp³-hybridized carbons (Fsp3) is 0.294. The van der Waals surface area contributed by atoms with E-state index in [9.17, 15) is 19.2 Å². The normalized spacial score (nSPS) is 27.0. The summed E-state index contributed by atoms with van der Waals surface area (Å²) in [4.78, 5) is 58.2. The Hall–Kier alpha value is -3.77. The Balaban J connectivity index is 1.09. The quantitative estimate of drug-likeness (QED) is 0.212. The summed E-state index contributed by atoms with van der Waals surface area (Å²) in [5.74, 6) is -0.843. The number of aromatic amines is 1. The average Bonchev–Trinajstić information content (AvgIpc) is 3.80. The first-order valence-corrected chi connectivity index (χ1v) is 17.6. The van der Waals surface area contributed by atoms with Crippen molar-refractivity contribution >= 4 is 75.4 Å². The minimum absolute atomic E-state index is 0.00328. The number of imide groups is 1. The highest BCUT2D eigenvalue weighted by Crippen LogP contribution is 2.68. The molecule has 1 aromatic heterocycles.